The highest BCUT2D eigenvalue weighted by atomic mass is 16.6. The lowest BCUT2D eigenvalue weighted by Crippen LogP contribution is -2.56. The Morgan fingerprint density at radius 1 is 1.03 bits per heavy atom. The minimum atomic E-state index is -1.80. The molecule has 9 nitrogen and oxygen atoms in total. The lowest BCUT2D eigenvalue weighted by atomic mass is 9.61. The highest BCUT2D eigenvalue weighted by Gasteiger charge is 2.57. The summed E-state index contributed by atoms with van der Waals surface area (Å²) in [6.07, 6.45) is -0.440. The van der Waals surface area contributed by atoms with Gasteiger partial charge < -0.3 is 14.6 Å². The number of esters is 2. The molecule has 0 aliphatic heterocycles. The van der Waals surface area contributed by atoms with Crippen LogP contribution in [0.25, 0.3) is 0 Å². The standard InChI is InChI=1S/C23H31NO8/c1-21(2,3)31-19(26)17-15(25)12-23(7,28)18(20(27)32-22(4,5)6)16(17)13-8-10-14(11-9-13)24(29)30/h8-11,16-18,28H,12H2,1-7H3. The van der Waals surface area contributed by atoms with Gasteiger partial charge in [0.1, 0.15) is 17.1 Å². The highest BCUT2D eigenvalue weighted by molar-refractivity contribution is 6.03. The summed E-state index contributed by atoms with van der Waals surface area (Å²) in [5.74, 6) is -5.96. The van der Waals surface area contributed by atoms with E-state index in [9.17, 15) is 29.6 Å². The van der Waals surface area contributed by atoms with Crippen LogP contribution in [0.2, 0.25) is 0 Å². The molecule has 1 aliphatic carbocycles. The summed E-state index contributed by atoms with van der Waals surface area (Å²) in [6, 6.07) is 5.21. The zero-order valence-electron chi connectivity index (χ0n) is 19.5. The molecule has 0 spiro atoms. The van der Waals surface area contributed by atoms with Gasteiger partial charge in [-0.2, -0.15) is 0 Å². The van der Waals surface area contributed by atoms with Gasteiger partial charge >= 0.3 is 11.9 Å². The molecule has 2 rings (SSSR count). The molecule has 4 unspecified atom stereocenters. The number of hydrogen-bond acceptors (Lipinski definition) is 8. The Labute approximate surface area is 187 Å². The first-order chi connectivity index (χ1) is 14.4. The second-order valence-corrected chi connectivity index (χ2v) is 10.4. The van der Waals surface area contributed by atoms with Gasteiger partial charge in [-0.3, -0.25) is 24.5 Å². The van der Waals surface area contributed by atoms with Gasteiger partial charge in [0, 0.05) is 24.5 Å². The van der Waals surface area contributed by atoms with Crippen molar-refractivity contribution >= 4 is 23.4 Å². The molecule has 1 aromatic carbocycles. The lowest BCUT2D eigenvalue weighted by Gasteiger charge is -2.44. The number of nitro groups is 1. The molecule has 0 aromatic heterocycles. The lowest BCUT2D eigenvalue weighted by molar-refractivity contribution is -0.384. The fourth-order valence-electron chi connectivity index (χ4n) is 3.96. The van der Waals surface area contributed by atoms with Crippen LogP contribution in [-0.2, 0) is 23.9 Å². The quantitative estimate of drug-likeness (QED) is 0.320. The van der Waals surface area contributed by atoms with Crippen molar-refractivity contribution in [3.63, 3.8) is 0 Å². The zero-order chi connectivity index (χ0) is 24.6. The first kappa shape index (κ1) is 25.5. The van der Waals surface area contributed by atoms with Crippen LogP contribution in [0.3, 0.4) is 0 Å². The Balaban J connectivity index is 2.66. The smallest absolute Gasteiger partial charge is 0.317 e. The van der Waals surface area contributed by atoms with E-state index in [4.69, 9.17) is 9.47 Å². The molecule has 9 heteroatoms. The van der Waals surface area contributed by atoms with Gasteiger partial charge in [-0.15, -0.1) is 0 Å². The first-order valence-electron chi connectivity index (χ1n) is 10.4. The molecule has 176 valence electrons. The van der Waals surface area contributed by atoms with E-state index in [2.05, 4.69) is 0 Å². The summed E-state index contributed by atoms with van der Waals surface area (Å²) in [4.78, 5) is 49.8. The second kappa shape index (κ2) is 8.61. The van der Waals surface area contributed by atoms with Crippen molar-refractivity contribution in [2.75, 3.05) is 0 Å². The van der Waals surface area contributed by atoms with Gasteiger partial charge in [0.15, 0.2) is 5.78 Å². The van der Waals surface area contributed by atoms with Crippen molar-refractivity contribution in [1.29, 1.82) is 0 Å². The number of nitro benzene ring substituents is 1. The van der Waals surface area contributed by atoms with Crippen molar-refractivity contribution in [2.45, 2.75) is 77.6 Å². The molecule has 32 heavy (non-hydrogen) atoms. The molecule has 0 amide bonds. The molecule has 1 N–H and O–H groups in total. The second-order valence-electron chi connectivity index (χ2n) is 10.4. The number of carbonyl (C=O) groups excluding carboxylic acids is 3. The van der Waals surface area contributed by atoms with Crippen LogP contribution in [0.15, 0.2) is 24.3 Å². The minimum absolute atomic E-state index is 0.190. The van der Waals surface area contributed by atoms with Crippen LogP contribution in [0.5, 0.6) is 0 Å². The Hall–Kier alpha value is -2.81. The molecule has 0 saturated heterocycles. The molecule has 1 fully saturated rings. The molecular weight excluding hydrogens is 418 g/mol. The summed E-state index contributed by atoms with van der Waals surface area (Å²) in [5.41, 5.74) is -3.44. The van der Waals surface area contributed by atoms with Crippen LogP contribution in [0.4, 0.5) is 5.69 Å². The van der Waals surface area contributed by atoms with Gasteiger partial charge in [-0.1, -0.05) is 12.1 Å². The SMILES string of the molecule is CC(C)(C)OC(=O)C1C(=O)CC(C)(O)C(C(=O)OC(C)(C)C)C1c1ccc([N+](=O)[O-])cc1. The van der Waals surface area contributed by atoms with Crippen molar-refractivity contribution in [1.82, 2.24) is 0 Å². The number of benzene rings is 1. The molecule has 4 atom stereocenters. The van der Waals surface area contributed by atoms with Crippen molar-refractivity contribution < 1.29 is 33.9 Å². The van der Waals surface area contributed by atoms with Crippen LogP contribution < -0.4 is 0 Å². The summed E-state index contributed by atoms with van der Waals surface area (Å²) < 4.78 is 11.0. The van der Waals surface area contributed by atoms with E-state index >= 15 is 0 Å². The minimum Gasteiger partial charge on any atom is -0.460 e. The number of nitrogens with zero attached hydrogens (tertiary/aromatic N) is 1. The van der Waals surface area contributed by atoms with E-state index in [1.165, 1.54) is 31.2 Å². The first-order valence-corrected chi connectivity index (χ1v) is 10.4. The van der Waals surface area contributed by atoms with Gasteiger partial charge in [0.2, 0.25) is 0 Å². The van der Waals surface area contributed by atoms with Crippen molar-refractivity contribution in [2.24, 2.45) is 11.8 Å². The Kier molecular flexibility index (Phi) is 6.85. The summed E-state index contributed by atoms with van der Waals surface area (Å²) in [6.45, 7) is 11.3. The van der Waals surface area contributed by atoms with Gasteiger partial charge in [0.25, 0.3) is 5.69 Å². The van der Waals surface area contributed by atoms with Crippen LogP contribution in [-0.4, -0.2) is 44.6 Å². The Morgan fingerprint density at radius 2 is 1.50 bits per heavy atom. The number of rotatable bonds is 4. The largest absolute Gasteiger partial charge is 0.460 e. The number of aliphatic hydroxyl groups is 1. The molecule has 1 aliphatic rings. The fourth-order valence-corrected chi connectivity index (χ4v) is 3.96. The summed E-state index contributed by atoms with van der Waals surface area (Å²) >= 11 is 0. The number of non-ortho nitro benzene ring substituents is 1. The number of ketones is 1. The molecular formula is C23H31NO8. The third kappa shape index (κ3) is 5.91. The van der Waals surface area contributed by atoms with E-state index in [-0.39, 0.29) is 5.69 Å². The van der Waals surface area contributed by atoms with Crippen LogP contribution in [0.1, 0.15) is 66.4 Å². The van der Waals surface area contributed by atoms with E-state index in [1.807, 2.05) is 0 Å². The molecule has 0 radical (unpaired) electrons. The maximum Gasteiger partial charge on any atom is 0.317 e. The van der Waals surface area contributed by atoms with E-state index in [0.717, 1.165) is 0 Å². The number of carbonyl (C=O) groups is 3. The van der Waals surface area contributed by atoms with Crippen LogP contribution >= 0.6 is 0 Å². The van der Waals surface area contributed by atoms with E-state index in [1.54, 1.807) is 41.5 Å². The maximum atomic E-state index is 13.2. The number of hydrogen-bond donors (Lipinski definition) is 1. The zero-order valence-corrected chi connectivity index (χ0v) is 19.5. The average molecular weight is 450 g/mol. The van der Waals surface area contributed by atoms with Gasteiger partial charge in [-0.25, -0.2) is 0 Å². The van der Waals surface area contributed by atoms with E-state index in [0.29, 0.717) is 5.56 Å². The predicted octanol–water partition coefficient (Wildman–Crippen LogP) is 3.32. The topological polar surface area (TPSA) is 133 Å². The average Bonchev–Trinajstić information content (AvgIpc) is 2.56. The summed E-state index contributed by atoms with van der Waals surface area (Å²) in [5, 5.41) is 22.2. The van der Waals surface area contributed by atoms with Crippen molar-refractivity contribution in [3.8, 4) is 0 Å². The fraction of sp³-hybridized carbons (Fsp3) is 0.609. The monoisotopic (exact) mass is 449 g/mol. The van der Waals surface area contributed by atoms with Crippen molar-refractivity contribution in [3.05, 3.63) is 39.9 Å². The number of ether oxygens (including phenoxy) is 2. The number of Topliss-reactive ketones (excluding diaryl/α,β-unsaturated/α-hetero) is 1. The van der Waals surface area contributed by atoms with Crippen LogP contribution in [0, 0.1) is 22.0 Å². The molecule has 1 saturated carbocycles. The van der Waals surface area contributed by atoms with Gasteiger partial charge in [-0.05, 0) is 54.0 Å². The third-order valence-electron chi connectivity index (χ3n) is 5.08. The summed E-state index contributed by atoms with van der Waals surface area (Å²) in [7, 11) is 0. The maximum absolute atomic E-state index is 13.2. The Morgan fingerprint density at radius 3 is 1.94 bits per heavy atom. The molecule has 0 bridgehead atoms. The normalized spacial score (nSPS) is 26.4. The third-order valence-corrected chi connectivity index (χ3v) is 5.08. The van der Waals surface area contributed by atoms with E-state index < -0.39 is 63.6 Å². The highest BCUT2D eigenvalue weighted by Crippen LogP contribution is 2.47. The predicted molar refractivity (Wildman–Crippen MR) is 115 cm³/mol. The molecule has 0 heterocycles. The Bertz CT molecular complexity index is 905. The van der Waals surface area contributed by atoms with Gasteiger partial charge in [0.05, 0.1) is 16.4 Å². The molecule has 1 aromatic rings.